The van der Waals surface area contributed by atoms with E-state index in [9.17, 15) is 14.4 Å². The molecule has 6 heteroatoms. The molecule has 6 nitrogen and oxygen atoms in total. The largest absolute Gasteiger partial charge is 0.462 e. The third-order valence-corrected chi connectivity index (χ3v) is 9.70. The maximum absolute atomic E-state index is 12.7. The standard InChI is InChI=1S/C53H86O6/c1-4-7-10-13-16-19-22-24-25-26-27-29-31-34-37-40-43-46-52(55)58-49-50(48-57-51(54)45-42-39-36-33-30-21-18-15-12-9-6-3)59-53(56)47-44-41-38-35-32-28-23-20-17-14-11-8-5-2/h8,11,14-15,17-18,20-21,23-25,28,30,32,35,38,50H,4-7,9-10,12-13,16,19,22,26-27,29,31,33-34,36-37,39-49H2,1-3H3/b11-8-,17-14-,18-15-,23-20-,25-24-,30-21-,32-28-,38-35-. The zero-order valence-electron chi connectivity index (χ0n) is 38.0. The van der Waals surface area contributed by atoms with Gasteiger partial charge in [-0.3, -0.25) is 14.4 Å². The molecule has 0 saturated carbocycles. The van der Waals surface area contributed by atoms with E-state index in [-0.39, 0.29) is 31.6 Å². The van der Waals surface area contributed by atoms with Crippen LogP contribution >= 0.6 is 0 Å². The lowest BCUT2D eigenvalue weighted by Crippen LogP contribution is -2.30. The zero-order chi connectivity index (χ0) is 43.0. The number of allylic oxidation sites excluding steroid dienone is 16. The monoisotopic (exact) mass is 819 g/mol. The predicted molar refractivity (Wildman–Crippen MR) is 251 cm³/mol. The Hall–Kier alpha value is -3.67. The van der Waals surface area contributed by atoms with E-state index in [1.165, 1.54) is 89.9 Å². The van der Waals surface area contributed by atoms with Gasteiger partial charge < -0.3 is 14.2 Å². The van der Waals surface area contributed by atoms with E-state index in [2.05, 4.69) is 63.3 Å². The Balaban J connectivity index is 4.50. The smallest absolute Gasteiger partial charge is 0.306 e. The first-order valence-corrected chi connectivity index (χ1v) is 23.8. The Labute approximate surface area is 362 Å². The molecular formula is C53H86O6. The fraction of sp³-hybridized carbons (Fsp3) is 0.642. The molecule has 0 fully saturated rings. The van der Waals surface area contributed by atoms with E-state index in [1.807, 2.05) is 54.7 Å². The second-order valence-electron chi connectivity index (χ2n) is 15.4. The molecule has 0 N–H and O–H groups in total. The van der Waals surface area contributed by atoms with E-state index < -0.39 is 12.1 Å². The summed E-state index contributed by atoms with van der Waals surface area (Å²) in [5.74, 6) is -1.03. The average molecular weight is 819 g/mol. The molecular weight excluding hydrogens is 733 g/mol. The molecule has 0 aliphatic rings. The fourth-order valence-electron chi connectivity index (χ4n) is 6.09. The Morgan fingerprint density at radius 3 is 1.22 bits per heavy atom. The number of carbonyl (C=O) groups excluding carboxylic acids is 3. The van der Waals surface area contributed by atoms with Crippen LogP contribution in [-0.4, -0.2) is 37.2 Å². The average Bonchev–Trinajstić information content (AvgIpc) is 3.23. The van der Waals surface area contributed by atoms with E-state index in [1.54, 1.807) is 0 Å². The molecule has 0 amide bonds. The summed E-state index contributed by atoms with van der Waals surface area (Å²) >= 11 is 0. The molecule has 0 bridgehead atoms. The lowest BCUT2D eigenvalue weighted by Gasteiger charge is -2.18. The first kappa shape index (κ1) is 55.3. The van der Waals surface area contributed by atoms with Gasteiger partial charge in [-0.25, -0.2) is 0 Å². The normalized spacial score (nSPS) is 12.9. The van der Waals surface area contributed by atoms with Crippen LogP contribution in [0.15, 0.2) is 97.2 Å². The van der Waals surface area contributed by atoms with Crippen molar-refractivity contribution < 1.29 is 28.6 Å². The zero-order valence-corrected chi connectivity index (χ0v) is 38.0. The lowest BCUT2D eigenvalue weighted by molar-refractivity contribution is -0.167. The molecule has 0 saturated heterocycles. The first-order chi connectivity index (χ1) is 29.0. The van der Waals surface area contributed by atoms with Gasteiger partial charge in [-0.1, -0.05) is 201 Å². The number of carbonyl (C=O) groups is 3. The Kier molecular flexibility index (Phi) is 44.1. The second-order valence-corrected chi connectivity index (χ2v) is 15.4. The number of unbranched alkanes of at least 4 members (excludes halogenated alkanes) is 19. The molecule has 0 rings (SSSR count). The summed E-state index contributed by atoms with van der Waals surface area (Å²) in [6.45, 7) is 6.32. The molecule has 0 radical (unpaired) electrons. The highest BCUT2D eigenvalue weighted by Crippen LogP contribution is 2.13. The number of esters is 3. The number of hydrogen-bond donors (Lipinski definition) is 0. The Morgan fingerprint density at radius 2 is 0.712 bits per heavy atom. The topological polar surface area (TPSA) is 78.9 Å². The van der Waals surface area contributed by atoms with Crippen LogP contribution in [0.5, 0.6) is 0 Å². The minimum absolute atomic E-state index is 0.118. The summed E-state index contributed by atoms with van der Waals surface area (Å²) in [7, 11) is 0. The lowest BCUT2D eigenvalue weighted by atomic mass is 10.1. The molecule has 1 unspecified atom stereocenters. The summed E-state index contributed by atoms with van der Waals surface area (Å²) < 4.78 is 16.6. The summed E-state index contributed by atoms with van der Waals surface area (Å²) in [5.41, 5.74) is 0. The molecule has 0 spiro atoms. The highest BCUT2D eigenvalue weighted by molar-refractivity contribution is 5.71. The van der Waals surface area contributed by atoms with Crippen LogP contribution in [0.3, 0.4) is 0 Å². The third kappa shape index (κ3) is 45.3. The molecule has 0 aromatic rings. The maximum atomic E-state index is 12.7. The van der Waals surface area contributed by atoms with E-state index in [0.717, 1.165) is 64.2 Å². The molecule has 334 valence electrons. The molecule has 1 atom stereocenters. The van der Waals surface area contributed by atoms with Crippen molar-refractivity contribution in [1.29, 1.82) is 0 Å². The van der Waals surface area contributed by atoms with Gasteiger partial charge in [0.15, 0.2) is 6.10 Å². The highest BCUT2D eigenvalue weighted by Gasteiger charge is 2.19. The minimum Gasteiger partial charge on any atom is -0.462 e. The van der Waals surface area contributed by atoms with Crippen LogP contribution in [0.1, 0.15) is 201 Å². The first-order valence-electron chi connectivity index (χ1n) is 23.8. The molecule has 59 heavy (non-hydrogen) atoms. The van der Waals surface area contributed by atoms with Crippen molar-refractivity contribution in [1.82, 2.24) is 0 Å². The molecule has 0 aromatic carbocycles. The summed E-state index contributed by atoms with van der Waals surface area (Å²) in [4.78, 5) is 37.8. The quantitative estimate of drug-likeness (QED) is 0.0201. The highest BCUT2D eigenvalue weighted by atomic mass is 16.6. The molecule has 0 aliphatic heterocycles. The van der Waals surface area contributed by atoms with E-state index in [0.29, 0.717) is 19.3 Å². The van der Waals surface area contributed by atoms with Crippen molar-refractivity contribution >= 4 is 17.9 Å². The van der Waals surface area contributed by atoms with Crippen molar-refractivity contribution in [3.63, 3.8) is 0 Å². The number of rotatable bonds is 41. The van der Waals surface area contributed by atoms with Crippen molar-refractivity contribution in [2.24, 2.45) is 0 Å². The van der Waals surface area contributed by atoms with Crippen LogP contribution in [0.4, 0.5) is 0 Å². The summed E-state index contributed by atoms with van der Waals surface area (Å²) in [6, 6.07) is 0. The van der Waals surface area contributed by atoms with Gasteiger partial charge in [0.2, 0.25) is 0 Å². The predicted octanol–water partition coefficient (Wildman–Crippen LogP) is 15.4. The van der Waals surface area contributed by atoms with E-state index in [4.69, 9.17) is 14.2 Å². The fourth-order valence-corrected chi connectivity index (χ4v) is 6.09. The van der Waals surface area contributed by atoms with Crippen LogP contribution in [0, 0.1) is 0 Å². The van der Waals surface area contributed by atoms with Gasteiger partial charge in [-0.15, -0.1) is 0 Å². The Morgan fingerprint density at radius 1 is 0.356 bits per heavy atom. The molecule has 0 aliphatic carbocycles. The maximum Gasteiger partial charge on any atom is 0.306 e. The van der Waals surface area contributed by atoms with E-state index >= 15 is 0 Å². The minimum atomic E-state index is -0.826. The SMILES string of the molecule is CC\C=C/C=C\C=C/C=C\C=C/CCCC(=O)OC(COC(=O)CCCCC/C=C\C=C/CCCC)COC(=O)CCCCCCCCC/C=C\CCCCCCCC. The van der Waals surface area contributed by atoms with Gasteiger partial charge in [0, 0.05) is 19.3 Å². The van der Waals surface area contributed by atoms with Crippen molar-refractivity contribution in [2.45, 2.75) is 207 Å². The summed E-state index contributed by atoms with van der Waals surface area (Å²) in [5, 5.41) is 0. The number of ether oxygens (including phenoxy) is 3. The van der Waals surface area contributed by atoms with Crippen molar-refractivity contribution in [2.75, 3.05) is 13.2 Å². The number of hydrogen-bond acceptors (Lipinski definition) is 6. The van der Waals surface area contributed by atoms with Gasteiger partial charge in [0.1, 0.15) is 13.2 Å². The van der Waals surface area contributed by atoms with Crippen LogP contribution in [0.25, 0.3) is 0 Å². The van der Waals surface area contributed by atoms with Crippen molar-refractivity contribution in [3.05, 3.63) is 97.2 Å². The third-order valence-electron chi connectivity index (χ3n) is 9.70. The summed E-state index contributed by atoms with van der Waals surface area (Å²) in [6.07, 6.45) is 61.2. The van der Waals surface area contributed by atoms with Gasteiger partial charge in [0.05, 0.1) is 0 Å². The Bertz CT molecular complexity index is 1220. The molecule has 0 aromatic heterocycles. The van der Waals surface area contributed by atoms with Gasteiger partial charge in [-0.05, 0) is 77.0 Å². The second kappa shape index (κ2) is 47.0. The van der Waals surface area contributed by atoms with Crippen LogP contribution < -0.4 is 0 Å². The van der Waals surface area contributed by atoms with Gasteiger partial charge in [0.25, 0.3) is 0 Å². The van der Waals surface area contributed by atoms with Gasteiger partial charge >= 0.3 is 17.9 Å². The van der Waals surface area contributed by atoms with Gasteiger partial charge in [-0.2, -0.15) is 0 Å². The van der Waals surface area contributed by atoms with Crippen LogP contribution in [-0.2, 0) is 28.6 Å². The van der Waals surface area contributed by atoms with Crippen molar-refractivity contribution in [3.8, 4) is 0 Å². The molecule has 0 heterocycles. The van der Waals surface area contributed by atoms with Crippen LogP contribution in [0.2, 0.25) is 0 Å².